The van der Waals surface area contributed by atoms with Gasteiger partial charge >= 0.3 is 0 Å². The molecular weight excluding hydrogens is 584 g/mol. The highest BCUT2D eigenvalue weighted by atomic mass is 16.3. The number of likely N-dealkylation sites (N-methyl/N-ethyl adjacent to an activating group) is 1. The van der Waals surface area contributed by atoms with Gasteiger partial charge in [-0.1, -0.05) is 19.3 Å². The van der Waals surface area contributed by atoms with E-state index in [2.05, 4.69) is 20.9 Å². The zero-order chi connectivity index (χ0) is 33.0. The molecule has 15 heteroatoms. The van der Waals surface area contributed by atoms with E-state index in [1.54, 1.807) is 39.2 Å². The van der Waals surface area contributed by atoms with E-state index in [4.69, 9.17) is 11.6 Å². The number of rotatable bonds is 6. The quantitative estimate of drug-likeness (QED) is 0.0454. The number of primary amides is 1. The number of carbonyl (C=O) groups is 3. The maximum Gasteiger partial charge on any atom is 0.255 e. The number of ketones is 2. The number of nitroso groups, excluding NO2 is 1. The second kappa shape index (κ2) is 11.7. The highest BCUT2D eigenvalue weighted by molar-refractivity contribution is 6.25. The van der Waals surface area contributed by atoms with Crippen LogP contribution in [-0.2, 0) is 16.0 Å². The normalized spacial score (nSPS) is 27.1. The largest absolute Gasteiger partial charge is 0.510 e. The number of nitrogens with one attached hydrogen (secondary N) is 2. The molecule has 0 radical (unpaired) electrons. The third-order valence-electron chi connectivity index (χ3n) is 9.65. The van der Waals surface area contributed by atoms with Crippen LogP contribution in [0.4, 0.5) is 11.4 Å². The predicted octanol–water partition coefficient (Wildman–Crippen LogP) is 1.52. The Kier molecular flexibility index (Phi) is 8.25. The molecule has 0 aromatic heterocycles. The van der Waals surface area contributed by atoms with E-state index in [1.165, 1.54) is 4.90 Å². The van der Waals surface area contributed by atoms with Gasteiger partial charge in [-0.2, -0.15) is 0 Å². The number of allylic oxidation sites excluding steroid dienone is 1. The van der Waals surface area contributed by atoms with E-state index in [0.717, 1.165) is 32.1 Å². The van der Waals surface area contributed by atoms with E-state index in [0.29, 0.717) is 11.3 Å². The molecule has 1 amide bonds. The summed E-state index contributed by atoms with van der Waals surface area (Å²) in [5, 5.41) is 47.4. The minimum atomic E-state index is -2.59. The fourth-order valence-electron chi connectivity index (χ4n) is 7.62. The van der Waals surface area contributed by atoms with Crippen molar-refractivity contribution in [2.24, 2.45) is 33.7 Å². The van der Waals surface area contributed by atoms with Crippen molar-refractivity contribution in [3.63, 3.8) is 0 Å². The molecule has 45 heavy (non-hydrogen) atoms. The van der Waals surface area contributed by atoms with Crippen LogP contribution in [0, 0.1) is 16.7 Å². The topological polar surface area (TPSA) is 236 Å². The van der Waals surface area contributed by atoms with Crippen LogP contribution in [0.3, 0.4) is 0 Å². The number of nitrogens with zero attached hydrogens (tertiary/aromatic N) is 4. The van der Waals surface area contributed by atoms with Gasteiger partial charge in [0.25, 0.3) is 5.91 Å². The molecule has 0 saturated heterocycles. The first kappa shape index (κ1) is 31.8. The van der Waals surface area contributed by atoms with Gasteiger partial charge in [0, 0.05) is 37.3 Å². The van der Waals surface area contributed by atoms with Crippen LogP contribution in [0.2, 0.25) is 0 Å². The van der Waals surface area contributed by atoms with Crippen molar-refractivity contribution in [2.45, 2.75) is 62.6 Å². The molecule has 1 aromatic rings. The lowest BCUT2D eigenvalue weighted by Crippen LogP contribution is -2.62. The van der Waals surface area contributed by atoms with E-state index >= 15 is 0 Å². The summed E-state index contributed by atoms with van der Waals surface area (Å²) in [6.45, 7) is 0. The third kappa shape index (κ3) is 4.85. The van der Waals surface area contributed by atoms with Gasteiger partial charge in [-0.05, 0) is 62.5 Å². The Hall–Kier alpha value is -4.66. The Morgan fingerprint density at radius 1 is 1.09 bits per heavy atom. The molecule has 0 aliphatic heterocycles. The lowest BCUT2D eigenvalue weighted by molar-refractivity contribution is -0.129. The number of anilines is 2. The Morgan fingerprint density at radius 2 is 1.76 bits per heavy atom. The van der Waals surface area contributed by atoms with Gasteiger partial charge in [0.15, 0.2) is 11.5 Å². The Balaban J connectivity index is 1.65. The summed E-state index contributed by atoms with van der Waals surface area (Å²) < 4.78 is 0. The van der Waals surface area contributed by atoms with Crippen LogP contribution in [0.1, 0.15) is 54.4 Å². The van der Waals surface area contributed by atoms with Crippen molar-refractivity contribution in [2.75, 3.05) is 38.4 Å². The van der Waals surface area contributed by atoms with Crippen molar-refractivity contribution >= 4 is 34.8 Å². The van der Waals surface area contributed by atoms with Gasteiger partial charge in [-0.15, -0.1) is 10.0 Å². The van der Waals surface area contributed by atoms with Crippen LogP contribution in [0.15, 0.2) is 39.0 Å². The molecule has 1 aromatic carbocycles. The molecule has 242 valence electrons. The lowest BCUT2D eigenvalue weighted by Gasteiger charge is -2.49. The average Bonchev–Trinajstić information content (AvgIpc) is 2.98. The van der Waals surface area contributed by atoms with Gasteiger partial charge in [0.05, 0.1) is 17.3 Å². The molecule has 4 aliphatic rings. The number of hydrogen-bond donors (Lipinski definition) is 7. The summed E-state index contributed by atoms with van der Waals surface area (Å²) in [6, 6.07) is 0.706. The highest BCUT2D eigenvalue weighted by Gasteiger charge is 2.65. The minimum absolute atomic E-state index is 0.0239. The number of guanidine groups is 1. The maximum atomic E-state index is 14.3. The molecule has 4 atom stereocenters. The Bertz CT molecular complexity index is 1560. The van der Waals surface area contributed by atoms with Crippen LogP contribution < -0.4 is 27.1 Å². The number of nitrogens with two attached hydrogens (primary N) is 2. The summed E-state index contributed by atoms with van der Waals surface area (Å²) in [6.07, 6.45) is 5.25. The summed E-state index contributed by atoms with van der Waals surface area (Å²) in [5.74, 6) is -1.32. The number of fused-ring (bicyclic) bond motifs is 3. The summed E-state index contributed by atoms with van der Waals surface area (Å²) >= 11 is 0. The molecule has 15 nitrogen and oxygen atoms in total. The van der Waals surface area contributed by atoms with Crippen LogP contribution in [-0.4, -0.2) is 89.5 Å². The van der Waals surface area contributed by atoms with Crippen LogP contribution >= 0.6 is 0 Å². The maximum absolute atomic E-state index is 14.3. The molecule has 1 fully saturated rings. The summed E-state index contributed by atoms with van der Waals surface area (Å²) in [4.78, 5) is 56.2. The van der Waals surface area contributed by atoms with Gasteiger partial charge in [-0.25, -0.2) is 0 Å². The first-order chi connectivity index (χ1) is 21.3. The predicted molar refractivity (Wildman–Crippen MR) is 167 cm³/mol. The molecule has 0 heterocycles. The van der Waals surface area contributed by atoms with Gasteiger partial charge < -0.3 is 42.4 Å². The fraction of sp³-hybridized carbons (Fsp3) is 0.533. The Morgan fingerprint density at radius 3 is 2.31 bits per heavy atom. The SMILES string of the molecule is CN(C)c1cc(NC(=NN)NC2CCCCC2)c(O)c2c1C[C@H]1C[C@H]3[C@H](N(C)C)C(O)=C(C(N)=O)C(=O)[C@@]3(N=O)C(O)=C1C2=O. The number of aromatic hydroxyl groups is 1. The van der Waals surface area contributed by atoms with Crippen molar-refractivity contribution in [3.05, 3.63) is 44.8 Å². The average molecular weight is 625 g/mol. The minimum Gasteiger partial charge on any atom is -0.510 e. The molecule has 5 rings (SSSR count). The lowest BCUT2D eigenvalue weighted by atomic mass is 9.57. The fourth-order valence-corrected chi connectivity index (χ4v) is 7.62. The molecule has 1 saturated carbocycles. The molecule has 0 spiro atoms. The van der Waals surface area contributed by atoms with Gasteiger partial charge in [-0.3, -0.25) is 19.3 Å². The number of benzene rings is 1. The summed E-state index contributed by atoms with van der Waals surface area (Å²) in [5.41, 5.74) is 2.80. The number of amides is 1. The number of aliphatic hydroxyl groups excluding tert-OH is 2. The molecule has 0 unspecified atom stereocenters. The molecular formula is C30H40N8O7. The van der Waals surface area contributed by atoms with Crippen molar-refractivity contribution in [3.8, 4) is 5.75 Å². The number of hydrogen-bond acceptors (Lipinski definition) is 12. The van der Waals surface area contributed by atoms with E-state index in [-0.39, 0.29) is 41.7 Å². The third-order valence-corrected chi connectivity index (χ3v) is 9.65. The van der Waals surface area contributed by atoms with Crippen molar-refractivity contribution in [1.82, 2.24) is 10.2 Å². The zero-order valence-corrected chi connectivity index (χ0v) is 25.8. The smallest absolute Gasteiger partial charge is 0.255 e. The molecule has 9 N–H and O–H groups in total. The first-order valence-electron chi connectivity index (χ1n) is 14.9. The van der Waals surface area contributed by atoms with Gasteiger partial charge in [0.2, 0.25) is 17.3 Å². The second-order valence-corrected chi connectivity index (χ2v) is 12.7. The van der Waals surface area contributed by atoms with E-state index < -0.39 is 63.7 Å². The number of phenols is 1. The zero-order valence-electron chi connectivity index (χ0n) is 25.8. The molecule has 4 aliphatic carbocycles. The van der Waals surface area contributed by atoms with E-state index in [9.17, 15) is 34.6 Å². The number of hydrazone groups is 1. The van der Waals surface area contributed by atoms with Crippen LogP contribution in [0.5, 0.6) is 5.75 Å². The van der Waals surface area contributed by atoms with E-state index in [1.807, 2.05) is 0 Å². The highest BCUT2D eigenvalue weighted by Crippen LogP contribution is 2.55. The summed E-state index contributed by atoms with van der Waals surface area (Å²) in [7, 11) is 6.70. The monoisotopic (exact) mass is 624 g/mol. The van der Waals surface area contributed by atoms with Crippen molar-refractivity contribution < 1.29 is 29.7 Å². The first-order valence-corrected chi connectivity index (χ1v) is 14.9. The number of aliphatic hydroxyl groups is 2. The number of carbonyl (C=O) groups excluding carboxylic acids is 3. The van der Waals surface area contributed by atoms with Crippen molar-refractivity contribution in [1.29, 1.82) is 0 Å². The number of phenolic OH excluding ortho intramolecular Hbond substituents is 1. The molecule has 0 bridgehead atoms. The number of Topliss-reactive ketones (excluding diaryl/α,β-unsaturated/α-hetero) is 2. The Labute approximate surface area is 260 Å². The second-order valence-electron chi connectivity index (χ2n) is 12.7. The van der Waals surface area contributed by atoms with Crippen LogP contribution in [0.25, 0.3) is 0 Å². The van der Waals surface area contributed by atoms with Gasteiger partial charge in [0.1, 0.15) is 17.1 Å². The standard InChI is InChI=1S/C30H40N8O7/c1-37(2)18-12-17(34-29(35-32)33-14-8-6-5-7-9-14)23(39)20-15(18)10-13-11-16-22(38(3)4)25(41)21(28(31)44)27(43)30(16,36-45)26(42)19(13)24(20)40/h12-14,16,22,39,41-42H,5-11,32H2,1-4H3,(H2,31,44)(H2,33,34,35)/t13-,16-,22-,30-/m0/s1.